The fourth-order valence-corrected chi connectivity index (χ4v) is 3.94. The number of hydrogen-bond acceptors (Lipinski definition) is 6. The molecule has 0 aliphatic heterocycles. The Labute approximate surface area is 151 Å². The molecule has 2 rings (SSSR count). The Morgan fingerprint density at radius 1 is 0.800 bits per heavy atom. The van der Waals surface area contributed by atoms with Crippen molar-refractivity contribution in [2.24, 2.45) is 0 Å². The Balaban J connectivity index is 2.40. The standard InChI is InChI=1S/C18H16O6Se/c1-22-12-7-4-6-11(10-19)15(12)17(20)25-18(21)16-13(23-2)8-5-9-14(16)24-3/h4-10H,1-3H3. The van der Waals surface area contributed by atoms with Gasteiger partial charge in [-0.3, -0.25) is 0 Å². The Kier molecular flexibility index (Phi) is 6.33. The van der Waals surface area contributed by atoms with Crippen LogP contribution in [0, 0.1) is 0 Å². The van der Waals surface area contributed by atoms with Gasteiger partial charge in [0.05, 0.1) is 0 Å². The van der Waals surface area contributed by atoms with Crippen LogP contribution in [0.15, 0.2) is 36.4 Å². The molecule has 0 aliphatic carbocycles. The molecule has 0 atom stereocenters. The summed E-state index contributed by atoms with van der Waals surface area (Å²) in [4.78, 5) is 36.6. The van der Waals surface area contributed by atoms with Crippen molar-refractivity contribution >= 4 is 30.6 Å². The molecule has 0 heterocycles. The second-order valence-corrected chi connectivity index (χ2v) is 6.74. The molecule has 0 aliphatic rings. The molecule has 25 heavy (non-hydrogen) atoms. The first-order valence-corrected chi connectivity index (χ1v) is 8.88. The molecule has 0 aromatic heterocycles. The van der Waals surface area contributed by atoms with Crippen molar-refractivity contribution in [1.82, 2.24) is 0 Å². The van der Waals surface area contributed by atoms with Crippen molar-refractivity contribution < 1.29 is 28.6 Å². The average molecular weight is 407 g/mol. The van der Waals surface area contributed by atoms with Crippen molar-refractivity contribution in [3.05, 3.63) is 53.1 Å². The molecule has 0 amide bonds. The zero-order chi connectivity index (χ0) is 18.4. The van der Waals surface area contributed by atoms with E-state index in [4.69, 9.17) is 14.2 Å². The van der Waals surface area contributed by atoms with E-state index in [1.54, 1.807) is 30.3 Å². The summed E-state index contributed by atoms with van der Waals surface area (Å²) < 4.78 is 14.7. The van der Waals surface area contributed by atoms with Gasteiger partial charge < -0.3 is 0 Å². The molecular formula is C18H16O6Se. The number of hydrogen-bond donors (Lipinski definition) is 0. The minimum atomic E-state index is -1.12. The molecule has 0 saturated heterocycles. The maximum atomic E-state index is 12.7. The van der Waals surface area contributed by atoms with Gasteiger partial charge in [0.1, 0.15) is 0 Å². The van der Waals surface area contributed by atoms with Gasteiger partial charge in [0, 0.05) is 0 Å². The van der Waals surface area contributed by atoms with E-state index < -0.39 is 24.3 Å². The molecule has 2 aromatic rings. The molecule has 0 fully saturated rings. The number of methoxy groups -OCH3 is 3. The third-order valence-electron chi connectivity index (χ3n) is 3.43. The van der Waals surface area contributed by atoms with Crippen LogP contribution in [0.2, 0.25) is 0 Å². The monoisotopic (exact) mass is 408 g/mol. The summed E-state index contributed by atoms with van der Waals surface area (Å²) >= 11 is -1.12. The summed E-state index contributed by atoms with van der Waals surface area (Å²) in [5, 5.41) is 0. The van der Waals surface area contributed by atoms with Crippen molar-refractivity contribution in [3.63, 3.8) is 0 Å². The zero-order valence-electron chi connectivity index (χ0n) is 13.9. The fraction of sp³-hybridized carbons (Fsp3) is 0.167. The first kappa shape index (κ1) is 18.7. The Bertz CT molecular complexity index is 793. The predicted molar refractivity (Wildman–Crippen MR) is 92.3 cm³/mol. The number of aldehydes is 1. The van der Waals surface area contributed by atoms with E-state index in [1.165, 1.54) is 27.4 Å². The van der Waals surface area contributed by atoms with Crippen LogP contribution in [0.5, 0.6) is 17.2 Å². The van der Waals surface area contributed by atoms with Crippen LogP contribution >= 0.6 is 0 Å². The van der Waals surface area contributed by atoms with Gasteiger partial charge in [0.25, 0.3) is 0 Å². The number of carbonyl (C=O) groups excluding carboxylic acids is 3. The molecule has 6 nitrogen and oxygen atoms in total. The summed E-state index contributed by atoms with van der Waals surface area (Å²) in [7, 11) is 4.27. The van der Waals surface area contributed by atoms with Crippen molar-refractivity contribution in [2.75, 3.05) is 21.3 Å². The van der Waals surface area contributed by atoms with E-state index in [0.29, 0.717) is 17.8 Å². The molecule has 0 bridgehead atoms. The molecule has 0 saturated carbocycles. The second-order valence-electron chi connectivity index (χ2n) is 4.76. The van der Waals surface area contributed by atoms with Gasteiger partial charge in [-0.1, -0.05) is 0 Å². The number of ether oxygens (including phenoxy) is 3. The van der Waals surface area contributed by atoms with E-state index >= 15 is 0 Å². The zero-order valence-corrected chi connectivity index (χ0v) is 15.6. The number of rotatable bonds is 8. The minimum absolute atomic E-state index is 0.113. The van der Waals surface area contributed by atoms with E-state index in [1.807, 2.05) is 0 Å². The second kappa shape index (κ2) is 8.46. The maximum absolute atomic E-state index is 12.7. The first-order chi connectivity index (χ1) is 12.1. The molecule has 7 heteroatoms. The average Bonchev–Trinajstić information content (AvgIpc) is 2.65. The normalized spacial score (nSPS) is 10.0. The van der Waals surface area contributed by atoms with Gasteiger partial charge in [-0.15, -0.1) is 0 Å². The molecule has 0 N–H and O–H groups in total. The summed E-state index contributed by atoms with van der Waals surface area (Å²) in [5.41, 5.74) is 0.511. The van der Waals surface area contributed by atoms with Gasteiger partial charge in [0.2, 0.25) is 0 Å². The quantitative estimate of drug-likeness (QED) is 0.493. The molecule has 2 aromatic carbocycles. The Hall–Kier alpha value is -2.63. The van der Waals surface area contributed by atoms with Gasteiger partial charge in [-0.25, -0.2) is 0 Å². The predicted octanol–water partition coefficient (Wildman–Crippen LogP) is 2.21. The van der Waals surface area contributed by atoms with Crippen LogP contribution < -0.4 is 14.2 Å². The topological polar surface area (TPSA) is 78.9 Å². The Morgan fingerprint density at radius 2 is 1.24 bits per heavy atom. The van der Waals surface area contributed by atoms with E-state index in [2.05, 4.69) is 0 Å². The fourth-order valence-electron chi connectivity index (χ4n) is 2.27. The van der Waals surface area contributed by atoms with E-state index in [0.717, 1.165) is 0 Å². The number of carbonyl (C=O) groups is 3. The molecular weight excluding hydrogens is 391 g/mol. The van der Waals surface area contributed by atoms with Gasteiger partial charge >= 0.3 is 151 Å². The Morgan fingerprint density at radius 3 is 1.72 bits per heavy atom. The van der Waals surface area contributed by atoms with Crippen LogP contribution in [0.25, 0.3) is 0 Å². The number of benzene rings is 2. The summed E-state index contributed by atoms with van der Waals surface area (Å²) in [6.45, 7) is 0. The van der Waals surface area contributed by atoms with Crippen LogP contribution in [0.3, 0.4) is 0 Å². The van der Waals surface area contributed by atoms with E-state index in [9.17, 15) is 14.4 Å². The van der Waals surface area contributed by atoms with Crippen molar-refractivity contribution in [3.8, 4) is 17.2 Å². The first-order valence-electron chi connectivity index (χ1n) is 7.17. The molecule has 0 radical (unpaired) electrons. The van der Waals surface area contributed by atoms with Crippen LogP contribution in [0.4, 0.5) is 0 Å². The van der Waals surface area contributed by atoms with Crippen molar-refractivity contribution in [1.29, 1.82) is 0 Å². The third kappa shape index (κ3) is 3.89. The molecule has 0 spiro atoms. The molecule has 0 unspecified atom stereocenters. The van der Waals surface area contributed by atoms with Crippen LogP contribution in [-0.4, -0.2) is 51.9 Å². The summed E-state index contributed by atoms with van der Waals surface area (Å²) in [6.07, 6.45) is 0.569. The van der Waals surface area contributed by atoms with Crippen LogP contribution in [0.1, 0.15) is 31.1 Å². The van der Waals surface area contributed by atoms with Crippen molar-refractivity contribution in [2.45, 2.75) is 0 Å². The van der Waals surface area contributed by atoms with Gasteiger partial charge in [-0.2, -0.15) is 0 Å². The SMILES string of the molecule is COc1cccc(C=O)c1C(=O)[Se]C(=O)c1c(OC)cccc1OC. The van der Waals surface area contributed by atoms with Crippen LogP contribution in [-0.2, 0) is 0 Å². The summed E-state index contributed by atoms with van der Waals surface area (Å²) in [5.74, 6) is 0.917. The van der Waals surface area contributed by atoms with Gasteiger partial charge in [0.15, 0.2) is 0 Å². The third-order valence-corrected chi connectivity index (χ3v) is 5.06. The summed E-state index contributed by atoms with van der Waals surface area (Å²) in [6, 6.07) is 9.62. The van der Waals surface area contributed by atoms with E-state index in [-0.39, 0.29) is 22.4 Å². The molecule has 130 valence electrons. The van der Waals surface area contributed by atoms with Gasteiger partial charge in [-0.05, 0) is 0 Å².